The maximum absolute atomic E-state index is 4.68. The molecule has 2 nitrogen and oxygen atoms in total. The molecule has 0 fully saturated rings. The SMILES string of the molecule is C[n+]1ccoc1.[Br-]. The minimum atomic E-state index is 0. The molecule has 0 bridgehead atoms. The summed E-state index contributed by atoms with van der Waals surface area (Å²) in [5, 5.41) is 0. The summed E-state index contributed by atoms with van der Waals surface area (Å²) in [6.07, 6.45) is 5.08. The van der Waals surface area contributed by atoms with Gasteiger partial charge in [0.2, 0.25) is 6.20 Å². The Hall–Kier alpha value is -0.310. The highest BCUT2D eigenvalue weighted by atomic mass is 79.9. The van der Waals surface area contributed by atoms with Gasteiger partial charge in [-0.05, 0) is 0 Å². The van der Waals surface area contributed by atoms with Crippen molar-refractivity contribution < 1.29 is 26.0 Å². The Morgan fingerprint density at radius 3 is 2.43 bits per heavy atom. The molecule has 0 atom stereocenters. The van der Waals surface area contributed by atoms with Crippen LogP contribution in [0.25, 0.3) is 0 Å². The van der Waals surface area contributed by atoms with Crippen LogP contribution >= 0.6 is 0 Å². The van der Waals surface area contributed by atoms with Gasteiger partial charge in [0, 0.05) is 0 Å². The molecule has 1 rings (SSSR count). The van der Waals surface area contributed by atoms with Crippen LogP contribution < -0.4 is 21.5 Å². The standard InChI is InChI=1S/C4H6NO.BrH/c1-5-2-3-6-4-5;/h2-4H,1H3;1H/q+1;/p-1. The van der Waals surface area contributed by atoms with Gasteiger partial charge in [-0.3, -0.25) is 0 Å². The summed E-state index contributed by atoms with van der Waals surface area (Å²) >= 11 is 0. The average Bonchev–Trinajstić information content (AvgIpc) is 1.86. The first-order valence-corrected chi connectivity index (χ1v) is 1.77. The van der Waals surface area contributed by atoms with Crippen LogP contribution in [0.3, 0.4) is 0 Å². The first kappa shape index (κ1) is 6.69. The van der Waals surface area contributed by atoms with E-state index in [9.17, 15) is 0 Å². The van der Waals surface area contributed by atoms with Gasteiger partial charge in [-0.15, -0.1) is 0 Å². The van der Waals surface area contributed by atoms with Crippen LogP contribution in [0.2, 0.25) is 0 Å². The van der Waals surface area contributed by atoms with Gasteiger partial charge in [-0.1, -0.05) is 0 Å². The van der Waals surface area contributed by atoms with E-state index >= 15 is 0 Å². The topological polar surface area (TPSA) is 17.0 Å². The van der Waals surface area contributed by atoms with Gasteiger partial charge >= 0.3 is 6.39 Å². The second-order valence-electron chi connectivity index (χ2n) is 1.19. The first-order valence-electron chi connectivity index (χ1n) is 1.77. The van der Waals surface area contributed by atoms with Crippen molar-refractivity contribution >= 4 is 0 Å². The highest BCUT2D eigenvalue weighted by Gasteiger charge is 1.83. The predicted molar refractivity (Wildman–Crippen MR) is 19.9 cm³/mol. The van der Waals surface area contributed by atoms with E-state index in [1.165, 1.54) is 0 Å². The lowest BCUT2D eigenvalue weighted by atomic mass is 10.9. The summed E-state index contributed by atoms with van der Waals surface area (Å²) in [5.74, 6) is 0. The van der Waals surface area contributed by atoms with Crippen LogP contribution in [0.15, 0.2) is 23.3 Å². The molecule has 0 aliphatic rings. The normalized spacial score (nSPS) is 7.57. The molecule has 0 N–H and O–H groups in total. The Morgan fingerprint density at radius 1 is 1.57 bits per heavy atom. The zero-order valence-electron chi connectivity index (χ0n) is 3.97. The fourth-order valence-corrected chi connectivity index (χ4v) is 0.297. The van der Waals surface area contributed by atoms with E-state index in [-0.39, 0.29) is 17.0 Å². The molecule has 3 heteroatoms. The van der Waals surface area contributed by atoms with Crippen LogP contribution in [0.4, 0.5) is 0 Å². The molecule has 0 unspecified atom stereocenters. The Labute approximate surface area is 52.5 Å². The molecule has 1 aromatic heterocycles. The number of rotatable bonds is 0. The van der Waals surface area contributed by atoms with Crippen molar-refractivity contribution in [1.29, 1.82) is 0 Å². The maximum Gasteiger partial charge on any atom is 0.334 e. The molecule has 1 aromatic rings. The molecule has 0 amide bonds. The molecule has 0 aromatic carbocycles. The largest absolute Gasteiger partial charge is 1.00 e. The third kappa shape index (κ3) is 1.73. The number of oxazole rings is 1. The molecular weight excluding hydrogens is 158 g/mol. The summed E-state index contributed by atoms with van der Waals surface area (Å²) in [5.41, 5.74) is 0. The summed E-state index contributed by atoms with van der Waals surface area (Å²) in [6.45, 7) is 0. The van der Waals surface area contributed by atoms with Crippen LogP contribution in [0, 0.1) is 0 Å². The number of hydrogen-bond acceptors (Lipinski definition) is 1. The smallest absolute Gasteiger partial charge is 0.334 e. The molecule has 0 saturated heterocycles. The fraction of sp³-hybridized carbons (Fsp3) is 0.250. The van der Waals surface area contributed by atoms with Crippen molar-refractivity contribution in [3.8, 4) is 0 Å². The zero-order valence-corrected chi connectivity index (χ0v) is 5.55. The Bertz CT molecular complexity index is 115. The van der Waals surface area contributed by atoms with E-state index in [4.69, 9.17) is 0 Å². The predicted octanol–water partition coefficient (Wildman–Crippen LogP) is -2.89. The van der Waals surface area contributed by atoms with Gasteiger partial charge in [0.1, 0.15) is 7.05 Å². The molecule has 0 spiro atoms. The molecule has 0 saturated carbocycles. The summed E-state index contributed by atoms with van der Waals surface area (Å²) in [4.78, 5) is 0. The number of nitrogens with zero attached hydrogens (tertiary/aromatic N) is 1. The number of halogens is 1. The molecule has 0 radical (unpaired) electrons. The Morgan fingerprint density at radius 2 is 2.29 bits per heavy atom. The first-order chi connectivity index (χ1) is 2.89. The van der Waals surface area contributed by atoms with Gasteiger partial charge in [-0.25, -0.2) is 0 Å². The van der Waals surface area contributed by atoms with Crippen molar-refractivity contribution in [1.82, 2.24) is 0 Å². The minimum absolute atomic E-state index is 0. The van der Waals surface area contributed by atoms with Crippen LogP contribution in [0.1, 0.15) is 0 Å². The number of aryl methyl sites for hydroxylation is 1. The number of aromatic nitrogens is 1. The maximum atomic E-state index is 4.68. The van der Waals surface area contributed by atoms with Crippen molar-refractivity contribution in [3.63, 3.8) is 0 Å². The van der Waals surface area contributed by atoms with E-state index in [0.717, 1.165) is 0 Å². The van der Waals surface area contributed by atoms with Gasteiger partial charge in [0.25, 0.3) is 0 Å². The summed E-state index contributed by atoms with van der Waals surface area (Å²) < 4.78 is 6.51. The summed E-state index contributed by atoms with van der Waals surface area (Å²) in [6, 6.07) is 0. The lowest BCUT2D eigenvalue weighted by molar-refractivity contribution is -0.674. The second-order valence-corrected chi connectivity index (χ2v) is 1.19. The van der Waals surface area contributed by atoms with E-state index in [0.29, 0.717) is 0 Å². The number of hydrogen-bond donors (Lipinski definition) is 0. The van der Waals surface area contributed by atoms with E-state index in [1.54, 1.807) is 12.7 Å². The lowest BCUT2D eigenvalue weighted by Gasteiger charge is -1.60. The monoisotopic (exact) mass is 163 g/mol. The third-order valence-corrected chi connectivity index (χ3v) is 0.602. The van der Waals surface area contributed by atoms with Gasteiger partial charge in [0.15, 0.2) is 6.26 Å². The quantitative estimate of drug-likeness (QED) is 0.376. The molecule has 0 aliphatic carbocycles. The van der Waals surface area contributed by atoms with Crippen molar-refractivity contribution in [2.45, 2.75) is 0 Å². The van der Waals surface area contributed by atoms with Crippen molar-refractivity contribution in [3.05, 3.63) is 18.9 Å². The van der Waals surface area contributed by atoms with Gasteiger partial charge in [-0.2, -0.15) is 4.57 Å². The fourth-order valence-electron chi connectivity index (χ4n) is 0.297. The second kappa shape index (κ2) is 2.80. The van der Waals surface area contributed by atoms with E-state index < -0.39 is 0 Å². The van der Waals surface area contributed by atoms with Crippen LogP contribution in [-0.2, 0) is 7.05 Å². The lowest BCUT2D eigenvalue weighted by Crippen LogP contribution is -3.00. The summed E-state index contributed by atoms with van der Waals surface area (Å²) in [7, 11) is 1.91. The Kier molecular flexibility index (Phi) is 2.67. The Balaban J connectivity index is 0.000000360. The van der Waals surface area contributed by atoms with Gasteiger partial charge in [0.05, 0.1) is 0 Å². The zero-order chi connectivity index (χ0) is 4.41. The highest BCUT2D eigenvalue weighted by molar-refractivity contribution is 4.44. The molecule has 0 aliphatic heterocycles. The third-order valence-electron chi connectivity index (χ3n) is 0.602. The molecular formula is C4H6BrNO. The highest BCUT2D eigenvalue weighted by Crippen LogP contribution is 1.69. The van der Waals surface area contributed by atoms with E-state index in [1.807, 2.05) is 17.8 Å². The average molecular weight is 164 g/mol. The van der Waals surface area contributed by atoms with Crippen molar-refractivity contribution in [2.24, 2.45) is 7.05 Å². The van der Waals surface area contributed by atoms with Crippen LogP contribution in [0.5, 0.6) is 0 Å². The minimum Gasteiger partial charge on any atom is -1.00 e. The molecule has 1 heterocycles. The van der Waals surface area contributed by atoms with Crippen molar-refractivity contribution in [2.75, 3.05) is 0 Å². The molecule has 40 valence electrons. The molecule has 7 heavy (non-hydrogen) atoms. The van der Waals surface area contributed by atoms with Crippen LogP contribution in [-0.4, -0.2) is 0 Å². The van der Waals surface area contributed by atoms with Gasteiger partial charge < -0.3 is 21.4 Å². The van der Waals surface area contributed by atoms with E-state index in [2.05, 4.69) is 4.42 Å².